The molecule has 0 radical (unpaired) electrons. The Kier molecular flexibility index (Phi) is 4.93. The Balaban J connectivity index is 2.13. The molecule has 0 fully saturated rings. The highest BCUT2D eigenvalue weighted by Crippen LogP contribution is 2.13. The summed E-state index contributed by atoms with van der Waals surface area (Å²) in [6.07, 6.45) is 6.01. The number of carbonyl (C=O) groups is 2. The molecule has 6 heteroatoms. The molecule has 0 aliphatic carbocycles. The van der Waals surface area contributed by atoms with E-state index in [4.69, 9.17) is 0 Å². The monoisotopic (exact) mass is 298 g/mol. The van der Waals surface area contributed by atoms with E-state index < -0.39 is 0 Å². The topological polar surface area (TPSA) is 83.8 Å². The quantitative estimate of drug-likeness (QED) is 0.660. The number of hydrogen-bond donors (Lipinski definition) is 1. The third-order valence-electron chi connectivity index (χ3n) is 3.46. The fourth-order valence-corrected chi connectivity index (χ4v) is 2.19. The highest BCUT2D eigenvalue weighted by atomic mass is 16.2. The third-order valence-corrected chi connectivity index (χ3v) is 3.46. The molecule has 1 aliphatic rings. The first kappa shape index (κ1) is 15.8. The van der Waals surface area contributed by atoms with Crippen LogP contribution in [-0.2, 0) is 4.79 Å². The van der Waals surface area contributed by atoms with Crippen molar-refractivity contribution in [2.75, 3.05) is 7.05 Å². The molecular formula is C16H18N4O2. The highest BCUT2D eigenvalue weighted by Gasteiger charge is 2.21. The first-order valence-corrected chi connectivity index (χ1v) is 6.96. The van der Waals surface area contributed by atoms with E-state index in [1.807, 2.05) is 19.9 Å². The average Bonchev–Trinajstić information content (AvgIpc) is 2.98. The maximum Gasteiger partial charge on any atom is 0.271 e. The summed E-state index contributed by atoms with van der Waals surface area (Å²) in [7, 11) is 1.65. The van der Waals surface area contributed by atoms with Gasteiger partial charge in [-0.1, -0.05) is 0 Å². The van der Waals surface area contributed by atoms with Gasteiger partial charge in [-0.2, -0.15) is 0 Å². The molecule has 1 unspecified atom stereocenters. The van der Waals surface area contributed by atoms with Crippen molar-refractivity contribution >= 4 is 24.1 Å². The minimum absolute atomic E-state index is 0.269. The van der Waals surface area contributed by atoms with Crippen LogP contribution in [0.2, 0.25) is 0 Å². The Morgan fingerprint density at radius 3 is 2.91 bits per heavy atom. The van der Waals surface area contributed by atoms with Crippen LogP contribution in [0.1, 0.15) is 35.0 Å². The number of aromatic nitrogens is 1. The van der Waals surface area contributed by atoms with Crippen molar-refractivity contribution in [3.63, 3.8) is 0 Å². The molecule has 0 aromatic carbocycles. The van der Waals surface area contributed by atoms with Crippen LogP contribution >= 0.6 is 0 Å². The zero-order chi connectivity index (χ0) is 16.1. The molecular weight excluding hydrogens is 280 g/mol. The van der Waals surface area contributed by atoms with E-state index in [2.05, 4.69) is 20.3 Å². The number of amides is 1. The Labute approximate surface area is 129 Å². The van der Waals surface area contributed by atoms with Crippen LogP contribution < -0.4 is 5.32 Å². The van der Waals surface area contributed by atoms with E-state index in [0.29, 0.717) is 23.3 Å². The fourth-order valence-electron chi connectivity index (χ4n) is 2.19. The number of rotatable bonds is 5. The SMILES string of the molecule is CN=Cc1c(C)ccnc1C(=O)NC(C)C1=NC=C(C=O)C1. The van der Waals surface area contributed by atoms with E-state index in [0.717, 1.165) is 17.6 Å². The van der Waals surface area contributed by atoms with Crippen molar-refractivity contribution in [2.45, 2.75) is 26.3 Å². The average molecular weight is 298 g/mol. The summed E-state index contributed by atoms with van der Waals surface area (Å²) >= 11 is 0. The minimum atomic E-state index is -0.284. The van der Waals surface area contributed by atoms with Gasteiger partial charge in [0.05, 0.1) is 6.04 Å². The van der Waals surface area contributed by atoms with Gasteiger partial charge in [0.15, 0.2) is 0 Å². The van der Waals surface area contributed by atoms with E-state index in [9.17, 15) is 9.59 Å². The van der Waals surface area contributed by atoms with Crippen LogP contribution in [0.25, 0.3) is 0 Å². The largest absolute Gasteiger partial charge is 0.343 e. The Morgan fingerprint density at radius 1 is 1.50 bits per heavy atom. The number of nitrogens with zero attached hydrogens (tertiary/aromatic N) is 3. The molecule has 0 saturated carbocycles. The van der Waals surface area contributed by atoms with Crippen molar-refractivity contribution in [3.05, 3.63) is 40.9 Å². The molecule has 1 atom stereocenters. The number of aryl methyl sites for hydroxylation is 1. The molecule has 0 spiro atoms. The maximum atomic E-state index is 12.4. The Morgan fingerprint density at radius 2 is 2.27 bits per heavy atom. The number of allylic oxidation sites excluding steroid dienone is 1. The number of hydrogen-bond acceptors (Lipinski definition) is 5. The highest BCUT2D eigenvalue weighted by molar-refractivity contribution is 6.05. The smallest absolute Gasteiger partial charge is 0.271 e. The first-order valence-electron chi connectivity index (χ1n) is 6.96. The third kappa shape index (κ3) is 3.33. The second-order valence-corrected chi connectivity index (χ2v) is 5.09. The number of nitrogens with one attached hydrogen (secondary N) is 1. The van der Waals surface area contributed by atoms with Crippen LogP contribution in [0.15, 0.2) is 34.0 Å². The predicted molar refractivity (Wildman–Crippen MR) is 85.6 cm³/mol. The van der Waals surface area contributed by atoms with Gasteiger partial charge in [-0.05, 0) is 25.5 Å². The second-order valence-electron chi connectivity index (χ2n) is 5.09. The van der Waals surface area contributed by atoms with Gasteiger partial charge < -0.3 is 5.32 Å². The molecule has 1 N–H and O–H groups in total. The van der Waals surface area contributed by atoms with Gasteiger partial charge >= 0.3 is 0 Å². The number of aldehydes is 1. The van der Waals surface area contributed by atoms with Gasteiger partial charge in [-0.15, -0.1) is 0 Å². The molecule has 1 aromatic rings. The summed E-state index contributed by atoms with van der Waals surface area (Å²) in [5.41, 5.74) is 3.34. The maximum absolute atomic E-state index is 12.4. The molecule has 0 bridgehead atoms. The van der Waals surface area contributed by atoms with Crippen LogP contribution in [0, 0.1) is 6.92 Å². The molecule has 1 aromatic heterocycles. The number of pyridine rings is 1. The molecule has 22 heavy (non-hydrogen) atoms. The summed E-state index contributed by atoms with van der Waals surface area (Å²) in [5.74, 6) is -0.284. The van der Waals surface area contributed by atoms with Crippen LogP contribution in [-0.4, -0.2) is 42.2 Å². The molecule has 2 rings (SSSR count). The van der Waals surface area contributed by atoms with E-state index in [1.165, 1.54) is 6.20 Å². The van der Waals surface area contributed by atoms with Crippen molar-refractivity contribution < 1.29 is 9.59 Å². The molecule has 114 valence electrons. The summed E-state index contributed by atoms with van der Waals surface area (Å²) < 4.78 is 0. The molecule has 1 aliphatic heterocycles. The van der Waals surface area contributed by atoms with Gasteiger partial charge in [0, 0.05) is 48.9 Å². The van der Waals surface area contributed by atoms with E-state index in [-0.39, 0.29) is 11.9 Å². The van der Waals surface area contributed by atoms with Gasteiger partial charge in [0.2, 0.25) is 0 Å². The van der Waals surface area contributed by atoms with Gasteiger partial charge in [-0.3, -0.25) is 24.6 Å². The number of aliphatic imine (C=N–C) groups is 2. The lowest BCUT2D eigenvalue weighted by molar-refractivity contribution is -0.104. The zero-order valence-corrected chi connectivity index (χ0v) is 12.8. The summed E-state index contributed by atoms with van der Waals surface area (Å²) in [5, 5.41) is 2.87. The van der Waals surface area contributed by atoms with E-state index in [1.54, 1.807) is 19.5 Å². The van der Waals surface area contributed by atoms with E-state index >= 15 is 0 Å². The molecule has 6 nitrogen and oxygen atoms in total. The van der Waals surface area contributed by atoms with Gasteiger partial charge in [0.1, 0.15) is 12.0 Å². The second kappa shape index (κ2) is 6.89. The lowest BCUT2D eigenvalue weighted by Gasteiger charge is -2.15. The van der Waals surface area contributed by atoms with Crippen molar-refractivity contribution in [1.82, 2.24) is 10.3 Å². The summed E-state index contributed by atoms with van der Waals surface area (Å²) in [6.45, 7) is 3.74. The Hall–Kier alpha value is -2.63. The fraction of sp³-hybridized carbons (Fsp3) is 0.312. The standard InChI is InChI=1S/C16H18N4O2/c1-10-4-5-18-15(13(10)8-17-3)16(22)20-11(2)14-6-12(9-21)7-19-14/h4-5,7-9,11H,6H2,1-3H3,(H,20,22). The van der Waals surface area contributed by atoms with Crippen LogP contribution in [0.4, 0.5) is 0 Å². The Bertz CT molecular complexity index is 689. The molecule has 2 heterocycles. The van der Waals surface area contributed by atoms with Crippen molar-refractivity contribution in [1.29, 1.82) is 0 Å². The lowest BCUT2D eigenvalue weighted by atomic mass is 10.1. The lowest BCUT2D eigenvalue weighted by Crippen LogP contribution is -2.39. The zero-order valence-electron chi connectivity index (χ0n) is 12.8. The minimum Gasteiger partial charge on any atom is -0.343 e. The summed E-state index contributed by atoms with van der Waals surface area (Å²) in [4.78, 5) is 35.5. The molecule has 1 amide bonds. The molecule has 0 saturated heterocycles. The summed E-state index contributed by atoms with van der Waals surface area (Å²) in [6, 6.07) is 1.56. The van der Waals surface area contributed by atoms with Crippen LogP contribution in [0.5, 0.6) is 0 Å². The predicted octanol–water partition coefficient (Wildman–Crippen LogP) is 1.48. The number of carbonyl (C=O) groups excluding carboxylic acids is 2. The van der Waals surface area contributed by atoms with Gasteiger partial charge in [0.25, 0.3) is 5.91 Å². The van der Waals surface area contributed by atoms with Crippen molar-refractivity contribution in [2.24, 2.45) is 9.98 Å². The van der Waals surface area contributed by atoms with Gasteiger partial charge in [-0.25, -0.2) is 0 Å². The van der Waals surface area contributed by atoms with Crippen molar-refractivity contribution in [3.8, 4) is 0 Å². The van der Waals surface area contributed by atoms with Crippen LogP contribution in [0.3, 0.4) is 0 Å². The first-order chi connectivity index (χ1) is 10.6. The normalized spacial score (nSPS) is 15.4.